The van der Waals surface area contributed by atoms with Gasteiger partial charge in [-0.25, -0.2) is 0 Å². The largest absolute Gasteiger partial charge is 0.311 e. The molecule has 2 atom stereocenters. The lowest BCUT2D eigenvalue weighted by Crippen LogP contribution is -2.61. The second kappa shape index (κ2) is 11.4. The van der Waals surface area contributed by atoms with E-state index in [1.807, 2.05) is 0 Å². The van der Waals surface area contributed by atoms with E-state index in [9.17, 15) is 0 Å². The van der Waals surface area contributed by atoms with E-state index in [-0.39, 0.29) is 17.5 Å². The van der Waals surface area contributed by atoms with Crippen LogP contribution in [0, 0.1) is 30.6 Å². The molecule has 2 aliphatic heterocycles. The van der Waals surface area contributed by atoms with Crippen LogP contribution in [0.4, 0.5) is 34.1 Å². The maximum atomic E-state index is 2.67. The first kappa shape index (κ1) is 33.1. The van der Waals surface area contributed by atoms with Gasteiger partial charge in [0.1, 0.15) is 0 Å². The molecule has 0 radical (unpaired) electrons. The number of rotatable bonds is 4. The van der Waals surface area contributed by atoms with Crippen LogP contribution in [0.3, 0.4) is 0 Å². The molecule has 2 heterocycles. The van der Waals surface area contributed by atoms with Gasteiger partial charge in [0.25, 0.3) is 6.71 Å². The molecule has 6 aliphatic carbocycles. The Morgan fingerprint density at radius 3 is 1.46 bits per heavy atom. The normalized spacial score (nSPS) is 25.9. The average Bonchev–Trinajstić information content (AvgIpc) is 3.92. The lowest BCUT2D eigenvalue weighted by molar-refractivity contribution is 0.294. The van der Waals surface area contributed by atoms with Gasteiger partial charge in [-0.15, -0.1) is 0 Å². The Labute approximate surface area is 324 Å². The second-order valence-corrected chi connectivity index (χ2v) is 20.4. The lowest BCUT2D eigenvalue weighted by atomic mass is 9.33. The fourth-order valence-corrected chi connectivity index (χ4v) is 11.9. The molecule has 3 heteroatoms. The second-order valence-electron chi connectivity index (χ2n) is 20.4. The molecule has 0 saturated heterocycles. The first-order chi connectivity index (χ1) is 25.9. The Balaban J connectivity index is 1.15. The average molecular weight is 707 g/mol. The van der Waals surface area contributed by atoms with E-state index in [0.717, 1.165) is 29.6 Å². The zero-order valence-corrected chi connectivity index (χ0v) is 33.4. The van der Waals surface area contributed by atoms with E-state index >= 15 is 0 Å². The van der Waals surface area contributed by atoms with Gasteiger partial charge in [-0.1, -0.05) is 90.1 Å². The number of nitrogens with zero attached hydrogens (tertiary/aromatic N) is 2. The van der Waals surface area contributed by atoms with Gasteiger partial charge >= 0.3 is 0 Å². The van der Waals surface area contributed by atoms with Crippen molar-refractivity contribution in [3.63, 3.8) is 0 Å². The van der Waals surface area contributed by atoms with E-state index in [2.05, 4.69) is 155 Å². The molecule has 5 aromatic rings. The highest BCUT2D eigenvalue weighted by Gasteiger charge is 2.48. The zero-order valence-electron chi connectivity index (χ0n) is 33.4. The number of fused-ring (bicyclic) bond motifs is 6. The fraction of sp³-hybridized carbons (Fsp3) is 0.412. The van der Waals surface area contributed by atoms with Crippen LogP contribution in [0.1, 0.15) is 120 Å². The topological polar surface area (TPSA) is 6.48 Å². The zero-order chi connectivity index (χ0) is 36.8. The van der Waals surface area contributed by atoms with Gasteiger partial charge in [0, 0.05) is 34.1 Å². The highest BCUT2D eigenvalue weighted by molar-refractivity contribution is 7.00. The molecule has 0 aromatic heterocycles. The number of aryl methyl sites for hydroxylation is 1. The highest BCUT2D eigenvalue weighted by atomic mass is 15.2. The van der Waals surface area contributed by atoms with Gasteiger partial charge in [0.05, 0.1) is 0 Å². The summed E-state index contributed by atoms with van der Waals surface area (Å²) < 4.78 is 0. The van der Waals surface area contributed by atoms with Crippen LogP contribution in [-0.2, 0) is 10.8 Å². The standard InChI is InChI=1S/C51H55BN2/c1-30-20-47-49-48(21-30)54(40-16-11-37(12-17-40)50(2,3)4)46-19-13-38(51(5,6)7)29-44(46)52(49)43-28-34(42-27-32-24-36(42)25-32)10-18-45(43)53(47)39-14-8-33(9-15-39)41-26-31-22-35(41)23-31/h8-21,28-29,31-32,35-36,41-42H,22-27H2,1-7H3. The molecule has 54 heavy (non-hydrogen) atoms. The summed E-state index contributed by atoms with van der Waals surface area (Å²) in [6, 6.07) is 39.3. The molecular weight excluding hydrogens is 651 g/mol. The number of hydrogen-bond donors (Lipinski definition) is 0. The molecule has 2 unspecified atom stereocenters. The minimum atomic E-state index is 0.0440. The molecule has 6 saturated carbocycles. The molecule has 2 nitrogen and oxygen atoms in total. The molecule has 0 spiro atoms. The molecule has 13 rings (SSSR count). The molecule has 272 valence electrons. The monoisotopic (exact) mass is 706 g/mol. The van der Waals surface area contributed by atoms with Gasteiger partial charge < -0.3 is 9.80 Å². The Morgan fingerprint density at radius 1 is 0.481 bits per heavy atom. The van der Waals surface area contributed by atoms with Crippen molar-refractivity contribution in [1.82, 2.24) is 0 Å². The maximum absolute atomic E-state index is 2.67. The van der Waals surface area contributed by atoms with Crippen LogP contribution >= 0.6 is 0 Å². The third kappa shape index (κ3) is 4.92. The molecule has 0 N–H and O–H groups in total. The maximum Gasteiger partial charge on any atom is 0.252 e. The third-order valence-corrected chi connectivity index (χ3v) is 15.0. The summed E-state index contributed by atoms with van der Waals surface area (Å²) in [4.78, 5) is 5.22. The predicted octanol–water partition coefficient (Wildman–Crippen LogP) is 11.7. The van der Waals surface area contributed by atoms with Crippen LogP contribution in [0.2, 0.25) is 0 Å². The Hall–Kier alpha value is -4.24. The minimum Gasteiger partial charge on any atom is -0.311 e. The van der Waals surface area contributed by atoms with E-state index in [0.29, 0.717) is 5.92 Å². The lowest BCUT2D eigenvalue weighted by Gasteiger charge is -2.45. The van der Waals surface area contributed by atoms with E-state index in [1.165, 1.54) is 106 Å². The van der Waals surface area contributed by atoms with E-state index in [1.54, 1.807) is 11.1 Å². The van der Waals surface area contributed by atoms with Crippen LogP contribution in [0.25, 0.3) is 0 Å². The third-order valence-electron chi connectivity index (χ3n) is 15.0. The summed E-state index contributed by atoms with van der Waals surface area (Å²) in [5.41, 5.74) is 19.5. The predicted molar refractivity (Wildman–Crippen MR) is 230 cm³/mol. The van der Waals surface area contributed by atoms with Crippen LogP contribution in [-0.4, -0.2) is 6.71 Å². The Kier molecular flexibility index (Phi) is 7.00. The van der Waals surface area contributed by atoms with Crippen molar-refractivity contribution >= 4 is 57.2 Å². The van der Waals surface area contributed by atoms with Crippen molar-refractivity contribution in [2.75, 3.05) is 9.80 Å². The van der Waals surface area contributed by atoms with Gasteiger partial charge in [-0.3, -0.25) is 0 Å². The molecule has 4 bridgehead atoms. The van der Waals surface area contributed by atoms with Gasteiger partial charge in [0.15, 0.2) is 0 Å². The molecule has 5 aromatic carbocycles. The molecule has 0 amide bonds. The van der Waals surface area contributed by atoms with Gasteiger partial charge in [-0.2, -0.15) is 0 Å². The van der Waals surface area contributed by atoms with Crippen molar-refractivity contribution in [2.24, 2.45) is 23.7 Å². The van der Waals surface area contributed by atoms with Gasteiger partial charge in [-0.05, 0) is 185 Å². The Bertz CT molecular complexity index is 2310. The summed E-state index contributed by atoms with van der Waals surface area (Å²) in [5, 5.41) is 0. The molecular formula is C51H55BN2. The Morgan fingerprint density at radius 2 is 0.944 bits per heavy atom. The minimum absolute atomic E-state index is 0.0440. The van der Waals surface area contributed by atoms with Crippen molar-refractivity contribution in [1.29, 1.82) is 0 Å². The highest BCUT2D eigenvalue weighted by Crippen LogP contribution is 2.58. The molecule has 8 aliphatic rings. The van der Waals surface area contributed by atoms with Crippen molar-refractivity contribution in [3.8, 4) is 0 Å². The summed E-state index contributed by atoms with van der Waals surface area (Å²) in [7, 11) is 0. The van der Waals surface area contributed by atoms with Gasteiger partial charge in [0.2, 0.25) is 0 Å². The van der Waals surface area contributed by atoms with Crippen LogP contribution in [0.5, 0.6) is 0 Å². The van der Waals surface area contributed by atoms with Crippen molar-refractivity contribution in [2.45, 2.75) is 110 Å². The number of benzene rings is 5. The first-order valence-electron chi connectivity index (χ1n) is 21.1. The summed E-state index contributed by atoms with van der Waals surface area (Å²) in [6.07, 6.45) is 8.51. The van der Waals surface area contributed by atoms with Crippen molar-refractivity contribution in [3.05, 3.63) is 125 Å². The SMILES string of the molecule is Cc1cc2c3c(c1)N(c1ccc(C(C)(C)C)cc1)c1ccc(C(C)(C)C)cc1B3c1cc(C3CC4CC3C4)ccc1N2c1ccc(C2CC3CC2C3)cc1. The quantitative estimate of drug-likeness (QED) is 0.168. The van der Waals surface area contributed by atoms with Crippen LogP contribution in [0.15, 0.2) is 97.1 Å². The smallest absolute Gasteiger partial charge is 0.252 e. The van der Waals surface area contributed by atoms with Crippen LogP contribution < -0.4 is 26.2 Å². The van der Waals surface area contributed by atoms with Crippen molar-refractivity contribution < 1.29 is 0 Å². The van der Waals surface area contributed by atoms with E-state index < -0.39 is 0 Å². The number of hydrogen-bond acceptors (Lipinski definition) is 2. The van der Waals surface area contributed by atoms with E-state index in [4.69, 9.17) is 0 Å². The molecule has 6 fully saturated rings. The fourth-order valence-electron chi connectivity index (χ4n) is 11.9. The first-order valence-corrected chi connectivity index (χ1v) is 21.1. The summed E-state index contributed by atoms with van der Waals surface area (Å²) in [6.45, 7) is 16.5. The summed E-state index contributed by atoms with van der Waals surface area (Å²) >= 11 is 0. The number of anilines is 6. The summed E-state index contributed by atoms with van der Waals surface area (Å²) in [5.74, 6) is 5.13.